The van der Waals surface area contributed by atoms with Crippen LogP contribution in [0.5, 0.6) is 0 Å². The van der Waals surface area contributed by atoms with Gasteiger partial charge in [0.2, 0.25) is 5.95 Å². The van der Waals surface area contributed by atoms with E-state index in [0.717, 1.165) is 60.8 Å². The molecule has 5 heteroatoms. The summed E-state index contributed by atoms with van der Waals surface area (Å²) in [6.45, 7) is 0. The summed E-state index contributed by atoms with van der Waals surface area (Å²) < 4.78 is 4.70. The average Bonchev–Trinajstić information content (AvgIpc) is 3.87. The van der Waals surface area contributed by atoms with Gasteiger partial charge in [-0.15, -0.1) is 0 Å². The van der Waals surface area contributed by atoms with Gasteiger partial charge in [-0.25, -0.2) is 4.98 Å². The molecule has 0 fully saturated rings. The van der Waals surface area contributed by atoms with Crippen molar-refractivity contribution in [1.29, 1.82) is 0 Å². The normalized spacial score (nSPS) is 11.9. The summed E-state index contributed by atoms with van der Waals surface area (Å²) in [7, 11) is 0. The van der Waals surface area contributed by atoms with Gasteiger partial charge in [-0.2, -0.15) is 9.97 Å². The number of aromatic nitrogens is 5. The molecule has 0 saturated heterocycles. The van der Waals surface area contributed by atoms with Crippen molar-refractivity contribution < 1.29 is 0 Å². The van der Waals surface area contributed by atoms with Crippen LogP contribution in [-0.2, 0) is 0 Å². The van der Waals surface area contributed by atoms with Gasteiger partial charge in [0, 0.05) is 38.4 Å². The summed E-state index contributed by atoms with van der Waals surface area (Å²) in [6, 6.07) is 75.7. The van der Waals surface area contributed by atoms with Crippen molar-refractivity contribution in [2.24, 2.45) is 0 Å². The van der Waals surface area contributed by atoms with Crippen molar-refractivity contribution >= 4 is 75.9 Å². The minimum absolute atomic E-state index is 0.566. The van der Waals surface area contributed by atoms with Crippen molar-refractivity contribution in [3.05, 3.63) is 212 Å². The summed E-state index contributed by atoms with van der Waals surface area (Å²) in [5, 5.41) is 12.2. The van der Waals surface area contributed by atoms with Gasteiger partial charge in [-0.1, -0.05) is 176 Å². The number of fused-ring (bicyclic) bond motifs is 13. The molecule has 0 radical (unpaired) electrons. The molecule has 62 heavy (non-hydrogen) atoms. The molecule has 0 aliphatic heterocycles. The molecule has 0 aliphatic rings. The first-order valence-corrected chi connectivity index (χ1v) is 21.0. The third kappa shape index (κ3) is 5.18. The van der Waals surface area contributed by atoms with Crippen LogP contribution in [0.4, 0.5) is 0 Å². The Labute approximate surface area is 356 Å². The van der Waals surface area contributed by atoms with Crippen molar-refractivity contribution in [2.45, 2.75) is 0 Å². The van der Waals surface area contributed by atoms with E-state index in [0.29, 0.717) is 17.6 Å². The van der Waals surface area contributed by atoms with Crippen LogP contribution in [-0.4, -0.2) is 24.1 Å². The molecule has 10 aromatic carbocycles. The van der Waals surface area contributed by atoms with Gasteiger partial charge < -0.3 is 4.57 Å². The van der Waals surface area contributed by atoms with Crippen LogP contribution in [0.1, 0.15) is 0 Å². The first kappa shape index (κ1) is 34.5. The van der Waals surface area contributed by atoms with Gasteiger partial charge in [0.05, 0.1) is 22.1 Å². The standard InChI is InChI=1S/C57H35N5/c1-3-16-36(17-4-1)38-20-15-21-39(34-38)56-58-55(37-18-5-2-6-19-37)59-57(60-56)62-51-29-14-12-27-48(51)53-52(62)33-32-47-46-26-11-13-28-50(46)61(54(47)53)40-30-31-45-43-24-8-7-22-41(43)42-23-9-10-25-44(42)49(45)35-40/h1-35H. The lowest BCUT2D eigenvalue weighted by atomic mass is 9.94. The molecule has 0 atom stereocenters. The van der Waals surface area contributed by atoms with Gasteiger partial charge >= 0.3 is 0 Å². The molecule has 3 heterocycles. The molecule has 288 valence electrons. The van der Waals surface area contributed by atoms with E-state index in [2.05, 4.69) is 197 Å². The molecule has 0 bridgehead atoms. The number of hydrogen-bond donors (Lipinski definition) is 0. The number of hydrogen-bond acceptors (Lipinski definition) is 3. The van der Waals surface area contributed by atoms with Gasteiger partial charge in [0.25, 0.3) is 0 Å². The lowest BCUT2D eigenvalue weighted by Gasteiger charge is -2.14. The molecule has 5 nitrogen and oxygen atoms in total. The molecule has 0 amide bonds. The van der Waals surface area contributed by atoms with Crippen LogP contribution in [0, 0.1) is 0 Å². The fourth-order valence-electron chi connectivity index (χ4n) is 9.81. The minimum Gasteiger partial charge on any atom is -0.309 e. The number of nitrogens with zero attached hydrogens (tertiary/aromatic N) is 5. The smallest absolute Gasteiger partial charge is 0.238 e. The molecular formula is C57H35N5. The summed E-state index contributed by atoms with van der Waals surface area (Å²) in [6.07, 6.45) is 0. The SMILES string of the molecule is c1ccc(-c2cccc(-c3nc(-c4ccccc4)nc(-n4c5ccccc5c5c4ccc4c6ccccc6n(-c6ccc7c8ccccc8c8ccccc8c7c6)c45)n3)c2)cc1. The molecule has 0 spiro atoms. The van der Waals surface area contributed by atoms with Crippen LogP contribution in [0.15, 0.2) is 212 Å². The monoisotopic (exact) mass is 789 g/mol. The molecule has 0 saturated carbocycles. The highest BCUT2D eigenvalue weighted by Crippen LogP contribution is 2.43. The first-order chi connectivity index (χ1) is 30.8. The maximum atomic E-state index is 5.33. The molecule has 0 unspecified atom stereocenters. The molecule has 13 aromatic rings. The lowest BCUT2D eigenvalue weighted by Crippen LogP contribution is -2.06. The van der Waals surface area contributed by atoms with Crippen LogP contribution >= 0.6 is 0 Å². The van der Waals surface area contributed by atoms with E-state index in [-0.39, 0.29) is 0 Å². The Kier molecular flexibility index (Phi) is 7.54. The van der Waals surface area contributed by atoms with E-state index in [1.54, 1.807) is 0 Å². The molecule has 13 rings (SSSR count). The average molecular weight is 790 g/mol. The third-order valence-corrected chi connectivity index (χ3v) is 12.5. The third-order valence-electron chi connectivity index (χ3n) is 12.5. The molecule has 3 aromatic heterocycles. The Morgan fingerprint density at radius 2 is 0.774 bits per heavy atom. The Hall–Kier alpha value is -8.41. The highest BCUT2D eigenvalue weighted by molar-refractivity contribution is 6.28. The second-order valence-corrected chi connectivity index (χ2v) is 16.0. The van der Waals surface area contributed by atoms with E-state index < -0.39 is 0 Å². The summed E-state index contributed by atoms with van der Waals surface area (Å²) in [5.74, 6) is 1.80. The Morgan fingerprint density at radius 1 is 0.274 bits per heavy atom. The number of rotatable bonds is 5. The maximum Gasteiger partial charge on any atom is 0.238 e. The van der Waals surface area contributed by atoms with E-state index in [9.17, 15) is 0 Å². The van der Waals surface area contributed by atoms with Crippen molar-refractivity contribution in [3.63, 3.8) is 0 Å². The zero-order chi connectivity index (χ0) is 40.7. The van der Waals surface area contributed by atoms with Crippen LogP contribution in [0.2, 0.25) is 0 Å². The zero-order valence-electron chi connectivity index (χ0n) is 33.4. The second-order valence-electron chi connectivity index (χ2n) is 16.0. The molecule has 0 aliphatic carbocycles. The van der Waals surface area contributed by atoms with E-state index >= 15 is 0 Å². The van der Waals surface area contributed by atoms with Gasteiger partial charge in [-0.3, -0.25) is 4.57 Å². The lowest BCUT2D eigenvalue weighted by molar-refractivity contribution is 0.953. The summed E-state index contributed by atoms with van der Waals surface area (Å²) in [4.78, 5) is 15.7. The zero-order valence-corrected chi connectivity index (χ0v) is 33.4. The van der Waals surface area contributed by atoms with Crippen molar-refractivity contribution in [3.8, 4) is 45.5 Å². The topological polar surface area (TPSA) is 48.5 Å². The Morgan fingerprint density at radius 3 is 1.47 bits per heavy atom. The highest BCUT2D eigenvalue weighted by atomic mass is 15.2. The second kappa shape index (κ2) is 13.6. The van der Waals surface area contributed by atoms with Gasteiger partial charge in [-0.05, 0) is 79.8 Å². The molecular weight excluding hydrogens is 755 g/mol. The van der Waals surface area contributed by atoms with E-state index in [4.69, 9.17) is 15.0 Å². The van der Waals surface area contributed by atoms with Crippen molar-refractivity contribution in [1.82, 2.24) is 24.1 Å². The largest absolute Gasteiger partial charge is 0.309 e. The number of para-hydroxylation sites is 2. The van der Waals surface area contributed by atoms with Gasteiger partial charge in [0.1, 0.15) is 0 Å². The first-order valence-electron chi connectivity index (χ1n) is 21.0. The van der Waals surface area contributed by atoms with E-state index in [1.807, 2.05) is 24.3 Å². The van der Waals surface area contributed by atoms with Crippen LogP contribution in [0.3, 0.4) is 0 Å². The molecule has 0 N–H and O–H groups in total. The Balaban J connectivity index is 1.11. The predicted octanol–water partition coefficient (Wildman–Crippen LogP) is 14.5. The predicted molar refractivity (Wildman–Crippen MR) is 257 cm³/mol. The summed E-state index contributed by atoms with van der Waals surface area (Å²) in [5.41, 5.74) is 9.56. The number of benzene rings is 10. The van der Waals surface area contributed by atoms with Crippen LogP contribution in [0.25, 0.3) is 121 Å². The van der Waals surface area contributed by atoms with Gasteiger partial charge in [0.15, 0.2) is 11.6 Å². The fourth-order valence-corrected chi connectivity index (χ4v) is 9.81. The van der Waals surface area contributed by atoms with Crippen LogP contribution < -0.4 is 0 Å². The summed E-state index contributed by atoms with van der Waals surface area (Å²) >= 11 is 0. The minimum atomic E-state index is 0.566. The maximum absolute atomic E-state index is 5.33. The fraction of sp³-hybridized carbons (Fsp3) is 0. The highest BCUT2D eigenvalue weighted by Gasteiger charge is 2.23. The van der Waals surface area contributed by atoms with Crippen molar-refractivity contribution in [2.75, 3.05) is 0 Å². The quantitative estimate of drug-likeness (QED) is 0.163. The Bertz CT molecular complexity index is 3880. The van der Waals surface area contributed by atoms with E-state index in [1.165, 1.54) is 43.1 Å².